The lowest BCUT2D eigenvalue weighted by molar-refractivity contribution is -0.137. The van der Waals surface area contributed by atoms with Gasteiger partial charge in [-0.05, 0) is 90.9 Å². The molecule has 6 rings (SSSR count). The van der Waals surface area contributed by atoms with E-state index < -0.39 is 28.5 Å². The number of likely N-dealkylation sites (tertiary alicyclic amines) is 1. The van der Waals surface area contributed by atoms with Gasteiger partial charge in [-0.3, -0.25) is 14.5 Å². The van der Waals surface area contributed by atoms with Crippen LogP contribution in [0.3, 0.4) is 0 Å². The Morgan fingerprint density at radius 1 is 0.659 bits per heavy atom. The number of methoxy groups -OCH3 is 1. The van der Waals surface area contributed by atoms with Crippen molar-refractivity contribution in [2.45, 2.75) is 43.3 Å². The number of amides is 1. The molecule has 1 unspecified atom stereocenters. The maximum atomic E-state index is 15.5. The van der Waals surface area contributed by atoms with Gasteiger partial charge in [-0.15, -0.1) is 10.2 Å². The summed E-state index contributed by atoms with van der Waals surface area (Å²) in [5, 5.41) is 11.1. The molecule has 0 spiro atoms. The molecule has 21 nitrogen and oxygen atoms in total. The largest absolute Gasteiger partial charge is 0.455 e. The molecule has 488 valence electrons. The first-order chi connectivity index (χ1) is 43.0. The molecule has 28 heteroatoms. The average Bonchev–Trinajstić information content (AvgIpc) is 4.04. The molecule has 0 radical (unpaired) electrons. The average molecular weight is 1300 g/mol. The van der Waals surface area contributed by atoms with E-state index in [9.17, 15) is 22.2 Å². The second kappa shape index (κ2) is 43.0. The van der Waals surface area contributed by atoms with Gasteiger partial charge in [0.2, 0.25) is 11.0 Å². The number of piperidine rings is 1. The maximum absolute atomic E-state index is 15.5. The molecule has 1 atom stereocenters. The predicted octanol–water partition coefficient (Wildman–Crippen LogP) is 8.94. The smallest absolute Gasteiger partial charge is 0.416 e. The Hall–Kier alpha value is -4.92. The number of rotatable bonds is 48. The fraction of sp³-hybridized carbons (Fsp3) is 0.567. The number of aromatic nitrogens is 3. The SMILES string of the molecule is COCCOCCOCCOCCOCCOCCOCCOCCOCCOCCOCCOCCC(=O)N1CCC(CCNCc2cc(-c3cc(-c4cccc(C(F)(F)F)c4)ccc3Oc3cc(F)c(S(=O)Nc4nncs4)cc3Cl)ccn2)CC1. The number of anilines is 1. The first-order valence-corrected chi connectivity index (χ1v) is 31.6. The van der Waals surface area contributed by atoms with Crippen molar-refractivity contribution >= 4 is 45.0 Å². The third kappa shape index (κ3) is 28.5. The molecule has 1 aliphatic heterocycles. The minimum Gasteiger partial charge on any atom is -0.455 e. The van der Waals surface area contributed by atoms with Gasteiger partial charge in [-0.1, -0.05) is 41.1 Å². The van der Waals surface area contributed by atoms with Crippen molar-refractivity contribution in [2.75, 3.05) is 183 Å². The molecule has 3 aromatic carbocycles. The standard InChI is InChI=1S/C60H81ClF4N6O15S2/c1-74-17-18-76-21-22-78-25-26-80-29-30-82-33-34-84-37-38-85-36-35-83-32-31-81-28-27-79-24-23-77-20-19-75-16-11-58(72)71-14-9-46(10-15-71)7-12-66-44-51-40-49(8-13-67-51)52-41-48(47-3-2-4-50(39-47)60(63,64)65)5-6-55(52)86-56-43-54(62)57(42-53(56)61)88(73)70-59-69-68-45-87-59/h2-6,8,13,39-43,45-46,66H,7,9-12,14-38,44H2,1H3,(H,69,70). The molecule has 1 saturated heterocycles. The molecule has 5 aromatic rings. The van der Waals surface area contributed by atoms with Crippen LogP contribution < -0.4 is 14.8 Å². The van der Waals surface area contributed by atoms with E-state index in [1.807, 2.05) is 11.0 Å². The maximum Gasteiger partial charge on any atom is 0.416 e. The lowest BCUT2D eigenvalue weighted by Crippen LogP contribution is -2.39. The Kier molecular flexibility index (Phi) is 35.2. The Morgan fingerprint density at radius 3 is 1.72 bits per heavy atom. The van der Waals surface area contributed by atoms with E-state index in [1.165, 1.54) is 17.6 Å². The van der Waals surface area contributed by atoms with Crippen LogP contribution in [0.15, 0.2) is 83.3 Å². The van der Waals surface area contributed by atoms with E-state index in [1.54, 1.807) is 43.6 Å². The molecule has 1 fully saturated rings. The van der Waals surface area contributed by atoms with Crippen molar-refractivity contribution in [2.24, 2.45) is 5.92 Å². The minimum atomic E-state index is -4.55. The third-order valence-corrected chi connectivity index (χ3v) is 15.3. The van der Waals surface area contributed by atoms with Crippen LogP contribution in [0.5, 0.6) is 11.5 Å². The van der Waals surface area contributed by atoms with Crippen LogP contribution in [0.4, 0.5) is 22.7 Å². The first kappa shape index (κ1) is 72.1. The number of benzene rings is 3. The molecule has 3 heterocycles. The number of hydrogen-bond acceptors (Lipinski definition) is 20. The number of ether oxygens (including phenoxy) is 13. The Bertz CT molecular complexity index is 2740. The van der Waals surface area contributed by atoms with Crippen molar-refractivity contribution in [3.8, 4) is 33.8 Å². The van der Waals surface area contributed by atoms with Crippen LogP contribution in [0.25, 0.3) is 22.3 Å². The minimum absolute atomic E-state index is 0.0411. The van der Waals surface area contributed by atoms with E-state index in [4.69, 9.17) is 73.2 Å². The van der Waals surface area contributed by atoms with Crippen LogP contribution in [0, 0.1) is 11.7 Å². The number of pyridine rings is 1. The normalized spacial score (nSPS) is 13.4. The molecular formula is C60H81ClF4N6O15S2. The van der Waals surface area contributed by atoms with Gasteiger partial charge >= 0.3 is 6.18 Å². The zero-order valence-corrected chi connectivity index (χ0v) is 52.0. The van der Waals surface area contributed by atoms with Gasteiger partial charge in [0, 0.05) is 44.6 Å². The number of halogens is 5. The number of nitrogens with one attached hydrogen (secondary N) is 2. The number of nitrogens with zero attached hydrogens (tertiary/aromatic N) is 4. The van der Waals surface area contributed by atoms with E-state index in [0.717, 1.165) is 48.8 Å². The summed E-state index contributed by atoms with van der Waals surface area (Å²) in [5.74, 6) is -0.213. The highest BCUT2D eigenvalue weighted by Crippen LogP contribution is 2.41. The summed E-state index contributed by atoms with van der Waals surface area (Å²) in [7, 11) is -0.422. The number of carbonyl (C=O) groups excluding carboxylic acids is 1. The van der Waals surface area contributed by atoms with Crippen LogP contribution in [-0.2, 0) is 85.3 Å². The van der Waals surface area contributed by atoms with Crippen molar-refractivity contribution in [1.29, 1.82) is 0 Å². The monoisotopic (exact) mass is 1300 g/mol. The van der Waals surface area contributed by atoms with Crippen LogP contribution in [0.1, 0.15) is 36.9 Å². The molecule has 1 aliphatic rings. The third-order valence-electron chi connectivity index (χ3n) is 13.2. The van der Waals surface area contributed by atoms with Crippen LogP contribution in [-0.4, -0.2) is 209 Å². The van der Waals surface area contributed by atoms with Crippen molar-refractivity contribution in [3.63, 3.8) is 0 Å². The number of carbonyl (C=O) groups is 1. The first-order valence-electron chi connectivity index (χ1n) is 29.2. The van der Waals surface area contributed by atoms with Gasteiger partial charge in [0.15, 0.2) is 11.0 Å². The van der Waals surface area contributed by atoms with Gasteiger partial charge in [0.05, 0.1) is 180 Å². The summed E-state index contributed by atoms with van der Waals surface area (Å²) in [4.78, 5) is 19.2. The Labute approximate surface area is 523 Å². The fourth-order valence-electron chi connectivity index (χ4n) is 8.60. The molecule has 0 saturated carbocycles. The summed E-state index contributed by atoms with van der Waals surface area (Å²) < 4.78 is 144. The van der Waals surface area contributed by atoms with Crippen molar-refractivity contribution < 1.29 is 88.1 Å². The van der Waals surface area contributed by atoms with Crippen molar-refractivity contribution in [3.05, 3.63) is 101 Å². The van der Waals surface area contributed by atoms with Gasteiger partial charge in [-0.25, -0.2) is 8.60 Å². The molecule has 1 amide bonds. The summed E-state index contributed by atoms with van der Waals surface area (Å²) in [6.45, 7) is 13.2. The lowest BCUT2D eigenvalue weighted by Gasteiger charge is -2.32. The quantitative estimate of drug-likeness (QED) is 0.0274. The lowest BCUT2D eigenvalue weighted by atomic mass is 9.93. The molecule has 2 aromatic heterocycles. The van der Waals surface area contributed by atoms with Gasteiger partial charge < -0.3 is 71.8 Å². The molecular weight excluding hydrogens is 1220 g/mol. The van der Waals surface area contributed by atoms with E-state index in [2.05, 4.69) is 25.2 Å². The summed E-state index contributed by atoms with van der Waals surface area (Å²) in [6, 6.07) is 15.7. The Morgan fingerprint density at radius 2 is 1.19 bits per heavy atom. The molecule has 0 bridgehead atoms. The van der Waals surface area contributed by atoms with E-state index in [0.29, 0.717) is 218 Å². The number of alkyl halides is 3. The second-order valence-corrected chi connectivity index (χ2v) is 21.9. The summed E-state index contributed by atoms with van der Waals surface area (Å²) in [5.41, 5.74) is 3.22. The highest BCUT2D eigenvalue weighted by molar-refractivity contribution is 7.86. The molecule has 0 aliphatic carbocycles. The zero-order chi connectivity index (χ0) is 62.3. The van der Waals surface area contributed by atoms with Crippen molar-refractivity contribution in [1.82, 2.24) is 25.4 Å². The second-order valence-electron chi connectivity index (χ2n) is 19.5. The zero-order valence-electron chi connectivity index (χ0n) is 49.6. The van der Waals surface area contributed by atoms with Gasteiger partial charge in [0.25, 0.3) is 0 Å². The van der Waals surface area contributed by atoms with Crippen LogP contribution >= 0.6 is 22.9 Å². The van der Waals surface area contributed by atoms with E-state index in [-0.39, 0.29) is 32.5 Å². The fourth-order valence-corrected chi connectivity index (χ4v) is 10.3. The van der Waals surface area contributed by atoms with E-state index >= 15 is 4.39 Å². The number of hydrogen-bond donors (Lipinski definition) is 2. The molecule has 2 N–H and O–H groups in total. The topological polar surface area (TPSA) is 220 Å². The van der Waals surface area contributed by atoms with Gasteiger partial charge in [0.1, 0.15) is 22.8 Å². The summed E-state index contributed by atoms with van der Waals surface area (Å²) >= 11 is 7.67. The highest BCUT2D eigenvalue weighted by atomic mass is 35.5. The predicted molar refractivity (Wildman–Crippen MR) is 323 cm³/mol. The van der Waals surface area contributed by atoms with Gasteiger partial charge in [-0.2, -0.15) is 13.2 Å². The Balaban J connectivity index is 0.757. The highest BCUT2D eigenvalue weighted by Gasteiger charge is 2.31. The van der Waals surface area contributed by atoms with Crippen LogP contribution in [0.2, 0.25) is 5.02 Å². The molecule has 88 heavy (non-hydrogen) atoms. The summed E-state index contributed by atoms with van der Waals surface area (Å²) in [6.07, 6.45) is 0.0447.